The Hall–Kier alpha value is 1.48. The maximum atomic E-state index is 2.27. The Labute approximate surface area is 82.8 Å². The third kappa shape index (κ3) is 310. The van der Waals surface area contributed by atoms with Gasteiger partial charge in [-0.3, -0.25) is 0 Å². The molecule has 0 spiro atoms. The number of rotatable bonds is 0. The molecule has 0 fully saturated rings. The van der Waals surface area contributed by atoms with Crippen molar-refractivity contribution in [2.75, 3.05) is 40.0 Å². The first-order valence-corrected chi connectivity index (χ1v) is 9.00. The average molecular weight is 271 g/mol. The quantitative estimate of drug-likeness (QED) is 0.360. The summed E-state index contributed by atoms with van der Waals surface area (Å²) in [6.45, 7) is 13.6. The van der Waals surface area contributed by atoms with Crippen LogP contribution in [0.4, 0.5) is 0 Å². The van der Waals surface area contributed by atoms with Crippen molar-refractivity contribution in [1.82, 2.24) is 0 Å². The van der Waals surface area contributed by atoms with E-state index in [2.05, 4.69) is 40.0 Å². The van der Waals surface area contributed by atoms with Gasteiger partial charge < -0.3 is 7.43 Å². The van der Waals surface area contributed by atoms with Crippen LogP contribution in [-0.2, 0) is 19.5 Å². The van der Waals surface area contributed by atoms with E-state index >= 15 is 0 Å². The zero-order valence-corrected chi connectivity index (χ0v) is 12.2. The summed E-state index contributed by atoms with van der Waals surface area (Å²) in [7, 11) is 0.241. The zero-order chi connectivity index (χ0) is 7.15. The van der Waals surface area contributed by atoms with Gasteiger partial charge in [0.2, 0.25) is 0 Å². The molecular weight excluding hydrogens is 247 g/mol. The van der Waals surface area contributed by atoms with Gasteiger partial charge in [-0.2, -0.15) is 0 Å². The second kappa shape index (κ2) is 16.8. The van der Waals surface area contributed by atoms with Gasteiger partial charge in [-0.25, -0.2) is 0 Å². The molecule has 0 amide bonds. The van der Waals surface area contributed by atoms with Crippen LogP contribution in [0.25, 0.3) is 0 Å². The van der Waals surface area contributed by atoms with Gasteiger partial charge in [0.25, 0.3) is 0 Å². The molecule has 0 unspecified atom stereocenters. The molecule has 0 heterocycles. The summed E-state index contributed by atoms with van der Waals surface area (Å²) >= 11 is 0. The van der Waals surface area contributed by atoms with E-state index < -0.39 is 0 Å². The monoisotopic (exact) mass is 272 g/mol. The van der Waals surface area contributed by atoms with Crippen LogP contribution in [0.15, 0.2) is 0 Å². The Morgan fingerprint density at radius 3 is 0.600 bits per heavy atom. The normalized spacial score (nSPS) is 7.20. The maximum absolute atomic E-state index is 2.27. The van der Waals surface area contributed by atoms with Crippen molar-refractivity contribution in [1.29, 1.82) is 0 Å². The van der Waals surface area contributed by atoms with Crippen LogP contribution in [0.1, 0.15) is 0 Å². The summed E-state index contributed by atoms with van der Waals surface area (Å²) in [5.41, 5.74) is 0. The average Bonchev–Trinajstić information content (AvgIpc) is 1.25. The minimum absolute atomic E-state index is 0. The van der Waals surface area contributed by atoms with Crippen molar-refractivity contribution >= 4 is 15.8 Å². The topological polar surface area (TPSA) is 0 Å². The van der Waals surface area contributed by atoms with Crippen molar-refractivity contribution in [3.8, 4) is 0 Å². The third-order valence-corrected chi connectivity index (χ3v) is 0. The van der Waals surface area contributed by atoms with Crippen LogP contribution >= 0.6 is 15.8 Å². The molecule has 0 aromatic carbocycles. The summed E-state index contributed by atoms with van der Waals surface area (Å²) in [6.07, 6.45) is 0. The van der Waals surface area contributed by atoms with E-state index in [4.69, 9.17) is 0 Å². The Kier molecular flexibility index (Phi) is 37.9. The summed E-state index contributed by atoms with van der Waals surface area (Å²) in [6, 6.07) is 0. The van der Waals surface area contributed by atoms with Crippen molar-refractivity contribution in [2.24, 2.45) is 0 Å². The molecule has 0 rings (SSSR count). The molecule has 0 atom stereocenters. The molecule has 10 heavy (non-hydrogen) atoms. The van der Waals surface area contributed by atoms with E-state index in [9.17, 15) is 0 Å². The first-order chi connectivity index (χ1) is 3.46. The second-order valence-electron chi connectivity index (χ2n) is 3.00. The van der Waals surface area contributed by atoms with Crippen molar-refractivity contribution in [3.05, 3.63) is 7.43 Å². The summed E-state index contributed by atoms with van der Waals surface area (Å²) in [4.78, 5) is 0. The summed E-state index contributed by atoms with van der Waals surface area (Å²) in [5.74, 6) is 0. The minimum atomic E-state index is 0. The van der Waals surface area contributed by atoms with Crippen LogP contribution in [0.2, 0.25) is 0 Å². The Morgan fingerprint density at radius 2 is 0.600 bits per heavy atom. The number of hydrogen-bond donors (Lipinski definition) is 0. The van der Waals surface area contributed by atoms with E-state index in [0.717, 1.165) is 0 Å². The van der Waals surface area contributed by atoms with Crippen LogP contribution in [0, 0.1) is 7.43 Å². The molecule has 3 heteroatoms. The predicted molar refractivity (Wildman–Crippen MR) is 60.0 cm³/mol. The molecule has 1 radical (unpaired) electrons. The van der Waals surface area contributed by atoms with Gasteiger partial charge in [0.05, 0.1) is 0 Å². The van der Waals surface area contributed by atoms with Gasteiger partial charge in [0, 0.05) is 40.0 Å². The molecule has 0 aliphatic heterocycles. The van der Waals surface area contributed by atoms with Gasteiger partial charge in [0.15, 0.2) is 0 Å². The SMILES string of the molecule is C[PH+](C)C.C[PH+](C)C.[CH3-].[RuH+]. The van der Waals surface area contributed by atoms with Crippen LogP contribution in [0.5, 0.6) is 0 Å². The van der Waals surface area contributed by atoms with Crippen molar-refractivity contribution in [2.45, 2.75) is 0 Å². The van der Waals surface area contributed by atoms with E-state index in [0.29, 0.717) is 0 Å². The molecule has 0 aliphatic carbocycles. The molecule has 0 saturated carbocycles. The molecule has 0 saturated heterocycles. The Bertz CT molecular complexity index is 27.1. The van der Waals surface area contributed by atoms with E-state index in [1.807, 2.05) is 0 Å². The first kappa shape index (κ1) is 22.5. The fourth-order valence-electron chi connectivity index (χ4n) is 0. The fourth-order valence-corrected chi connectivity index (χ4v) is 0. The Balaban J connectivity index is -0.0000000300. The molecule has 68 valence electrons. The van der Waals surface area contributed by atoms with E-state index in [1.54, 1.807) is 0 Å². The molecule has 0 aliphatic rings. The molecular formula is C7H24P2Ru+2. The van der Waals surface area contributed by atoms with Gasteiger partial charge in [-0.05, 0) is 15.8 Å². The summed E-state index contributed by atoms with van der Waals surface area (Å²) in [5, 5.41) is 0. The molecule has 0 aromatic heterocycles. The zero-order valence-electron chi connectivity index (χ0n) is 8.38. The van der Waals surface area contributed by atoms with E-state index in [-0.39, 0.29) is 42.7 Å². The van der Waals surface area contributed by atoms with Gasteiger partial charge in [0.1, 0.15) is 0 Å². The standard InChI is InChI=1S/2C3H9P.CH3.Ru.H/c2*1-4(2)3;;;/h2*1-3H3;1H3;;/q;;-1;+1;/p+2. The fraction of sp³-hybridized carbons (Fsp3) is 0.857. The van der Waals surface area contributed by atoms with Gasteiger partial charge >= 0.3 is 19.5 Å². The first-order valence-electron chi connectivity index (χ1n) is 3.00. The molecule has 0 bridgehead atoms. The van der Waals surface area contributed by atoms with Crippen molar-refractivity contribution < 1.29 is 19.5 Å². The van der Waals surface area contributed by atoms with E-state index in [1.165, 1.54) is 0 Å². The van der Waals surface area contributed by atoms with Crippen LogP contribution in [-0.4, -0.2) is 40.0 Å². The third-order valence-electron chi connectivity index (χ3n) is 0. The van der Waals surface area contributed by atoms with Crippen LogP contribution < -0.4 is 0 Å². The van der Waals surface area contributed by atoms with Crippen molar-refractivity contribution in [3.63, 3.8) is 0 Å². The van der Waals surface area contributed by atoms with Gasteiger partial charge in [-0.1, -0.05) is 0 Å². The predicted octanol–water partition coefficient (Wildman–Crippen LogP) is 2.36. The Morgan fingerprint density at radius 1 is 0.600 bits per heavy atom. The molecule has 0 aromatic rings. The second-order valence-corrected chi connectivity index (χ2v) is 9.00. The van der Waals surface area contributed by atoms with Gasteiger partial charge in [-0.15, -0.1) is 0 Å². The van der Waals surface area contributed by atoms with Crippen LogP contribution in [0.3, 0.4) is 0 Å². The molecule has 0 nitrogen and oxygen atoms in total. The summed E-state index contributed by atoms with van der Waals surface area (Å²) < 4.78 is 0. The molecule has 0 N–H and O–H groups in total. The number of hydrogen-bond acceptors (Lipinski definition) is 0.